The lowest BCUT2D eigenvalue weighted by Crippen LogP contribution is -2.28. The van der Waals surface area contributed by atoms with Crippen LogP contribution in [-0.4, -0.2) is 19.0 Å². The normalized spacial score (nSPS) is 9.69. The first-order chi connectivity index (χ1) is 6.24. The summed E-state index contributed by atoms with van der Waals surface area (Å²) in [6, 6.07) is 7.40. The van der Waals surface area contributed by atoms with E-state index in [1.807, 2.05) is 12.1 Å². The minimum absolute atomic E-state index is 0.0677. The summed E-state index contributed by atoms with van der Waals surface area (Å²) in [6.07, 6.45) is 0. The van der Waals surface area contributed by atoms with Gasteiger partial charge >= 0.3 is 0 Å². The number of carbonyl (C=O) groups excluding carboxylic acids is 1. The predicted molar refractivity (Wildman–Crippen MR) is 60.5 cm³/mol. The van der Waals surface area contributed by atoms with E-state index in [4.69, 9.17) is 5.73 Å². The number of hydrogen-bond donors (Lipinski definition) is 2. The van der Waals surface area contributed by atoms with E-state index in [-0.39, 0.29) is 5.91 Å². The van der Waals surface area contributed by atoms with Crippen LogP contribution < -0.4 is 11.1 Å². The zero-order valence-electron chi connectivity index (χ0n) is 7.09. The van der Waals surface area contributed by atoms with Gasteiger partial charge in [-0.15, -0.1) is 0 Å². The molecule has 0 spiro atoms. The smallest absolute Gasteiger partial charge is 0.251 e. The van der Waals surface area contributed by atoms with Crippen LogP contribution in [0, 0.1) is 3.57 Å². The summed E-state index contributed by atoms with van der Waals surface area (Å²) in [5.74, 6) is -0.0677. The average molecular weight is 290 g/mol. The van der Waals surface area contributed by atoms with E-state index in [9.17, 15) is 4.79 Å². The van der Waals surface area contributed by atoms with Gasteiger partial charge in [-0.2, -0.15) is 0 Å². The van der Waals surface area contributed by atoms with Crippen molar-refractivity contribution >= 4 is 28.5 Å². The monoisotopic (exact) mass is 290 g/mol. The molecule has 1 aromatic rings. The molecule has 4 heteroatoms. The minimum Gasteiger partial charge on any atom is -0.351 e. The van der Waals surface area contributed by atoms with Crippen molar-refractivity contribution in [1.29, 1.82) is 0 Å². The standard InChI is InChI=1S/C9H11IN2O/c10-8-3-1-7(2-4-8)9(13)12-6-5-11/h1-4H,5-6,11H2,(H,12,13). The van der Waals surface area contributed by atoms with Crippen LogP contribution in [0.2, 0.25) is 0 Å². The van der Waals surface area contributed by atoms with Crippen LogP contribution in [0.3, 0.4) is 0 Å². The van der Waals surface area contributed by atoms with Crippen LogP contribution in [0.25, 0.3) is 0 Å². The molecule has 0 aliphatic carbocycles. The first-order valence-corrected chi connectivity index (χ1v) is 5.06. The fourth-order valence-corrected chi connectivity index (χ4v) is 1.25. The number of halogens is 1. The van der Waals surface area contributed by atoms with Gasteiger partial charge in [0, 0.05) is 22.2 Å². The number of carbonyl (C=O) groups is 1. The Labute approximate surface area is 90.8 Å². The van der Waals surface area contributed by atoms with Gasteiger partial charge in [0.2, 0.25) is 0 Å². The van der Waals surface area contributed by atoms with Crippen LogP contribution in [0.15, 0.2) is 24.3 Å². The molecule has 0 fully saturated rings. The third kappa shape index (κ3) is 3.31. The van der Waals surface area contributed by atoms with Crippen LogP contribution >= 0.6 is 22.6 Å². The molecule has 0 aromatic heterocycles. The van der Waals surface area contributed by atoms with E-state index in [0.717, 1.165) is 3.57 Å². The van der Waals surface area contributed by atoms with Gasteiger partial charge in [0.25, 0.3) is 5.91 Å². The Hall–Kier alpha value is -0.620. The highest BCUT2D eigenvalue weighted by Gasteiger charge is 2.02. The zero-order valence-corrected chi connectivity index (χ0v) is 9.24. The van der Waals surface area contributed by atoms with E-state index in [2.05, 4.69) is 27.9 Å². The van der Waals surface area contributed by atoms with Gasteiger partial charge in [0.15, 0.2) is 0 Å². The molecular formula is C9H11IN2O. The number of nitrogens with two attached hydrogens (primary N) is 1. The molecule has 0 unspecified atom stereocenters. The minimum atomic E-state index is -0.0677. The number of nitrogens with one attached hydrogen (secondary N) is 1. The Balaban J connectivity index is 2.61. The lowest BCUT2D eigenvalue weighted by Gasteiger charge is -2.02. The Bertz CT molecular complexity index is 284. The summed E-state index contributed by atoms with van der Waals surface area (Å²) in [4.78, 5) is 11.3. The molecule has 1 amide bonds. The average Bonchev–Trinajstić information content (AvgIpc) is 2.15. The molecule has 1 aromatic carbocycles. The quantitative estimate of drug-likeness (QED) is 0.815. The maximum Gasteiger partial charge on any atom is 0.251 e. The van der Waals surface area contributed by atoms with Crippen LogP contribution in [0.1, 0.15) is 10.4 Å². The Kier molecular flexibility index (Phi) is 4.17. The molecule has 0 aliphatic rings. The zero-order chi connectivity index (χ0) is 9.68. The summed E-state index contributed by atoms with van der Waals surface area (Å²) in [5.41, 5.74) is 5.94. The van der Waals surface area contributed by atoms with Crippen LogP contribution in [0.4, 0.5) is 0 Å². The first-order valence-electron chi connectivity index (χ1n) is 3.98. The maximum atomic E-state index is 11.3. The third-order valence-electron chi connectivity index (χ3n) is 1.54. The molecule has 1 rings (SSSR count). The summed E-state index contributed by atoms with van der Waals surface area (Å²) in [5, 5.41) is 2.70. The lowest BCUT2D eigenvalue weighted by atomic mass is 10.2. The van der Waals surface area contributed by atoms with Crippen LogP contribution in [0.5, 0.6) is 0 Å². The summed E-state index contributed by atoms with van der Waals surface area (Å²) >= 11 is 2.20. The second kappa shape index (κ2) is 5.18. The van der Waals surface area contributed by atoms with Crippen LogP contribution in [-0.2, 0) is 0 Å². The first kappa shape index (κ1) is 10.5. The predicted octanol–water partition coefficient (Wildman–Crippen LogP) is 0.980. The van der Waals surface area contributed by atoms with Crippen molar-refractivity contribution in [3.8, 4) is 0 Å². The largest absolute Gasteiger partial charge is 0.351 e. The molecule has 0 atom stereocenters. The van der Waals surface area contributed by atoms with Crippen molar-refractivity contribution < 1.29 is 4.79 Å². The number of rotatable bonds is 3. The second-order valence-corrected chi connectivity index (χ2v) is 3.80. The van der Waals surface area contributed by atoms with Gasteiger partial charge in [-0.25, -0.2) is 0 Å². The van der Waals surface area contributed by atoms with Crippen molar-refractivity contribution in [2.45, 2.75) is 0 Å². The molecule has 3 N–H and O–H groups in total. The molecule has 0 radical (unpaired) electrons. The third-order valence-corrected chi connectivity index (χ3v) is 2.26. The topological polar surface area (TPSA) is 55.1 Å². The van der Waals surface area contributed by atoms with Gasteiger partial charge < -0.3 is 11.1 Å². The van der Waals surface area contributed by atoms with E-state index < -0.39 is 0 Å². The van der Waals surface area contributed by atoms with Crippen molar-refractivity contribution in [2.24, 2.45) is 5.73 Å². The van der Waals surface area contributed by atoms with Gasteiger partial charge in [0.05, 0.1) is 0 Å². The Morgan fingerprint density at radius 2 is 2.00 bits per heavy atom. The highest BCUT2D eigenvalue weighted by molar-refractivity contribution is 14.1. The molecule has 0 bridgehead atoms. The number of hydrogen-bond acceptors (Lipinski definition) is 2. The van der Waals surface area contributed by atoms with Gasteiger partial charge in [0.1, 0.15) is 0 Å². The fraction of sp³-hybridized carbons (Fsp3) is 0.222. The van der Waals surface area contributed by atoms with E-state index in [0.29, 0.717) is 18.7 Å². The lowest BCUT2D eigenvalue weighted by molar-refractivity contribution is 0.0955. The van der Waals surface area contributed by atoms with E-state index in [1.54, 1.807) is 12.1 Å². The van der Waals surface area contributed by atoms with Crippen molar-refractivity contribution in [3.63, 3.8) is 0 Å². The molecule has 3 nitrogen and oxygen atoms in total. The maximum absolute atomic E-state index is 11.3. The molecule has 0 saturated carbocycles. The SMILES string of the molecule is NCCNC(=O)c1ccc(I)cc1. The second-order valence-electron chi connectivity index (χ2n) is 2.55. The van der Waals surface area contributed by atoms with E-state index >= 15 is 0 Å². The summed E-state index contributed by atoms with van der Waals surface area (Å²) in [6.45, 7) is 0.987. The summed E-state index contributed by atoms with van der Waals surface area (Å²) < 4.78 is 1.12. The number of amides is 1. The highest BCUT2D eigenvalue weighted by Crippen LogP contribution is 2.06. The Morgan fingerprint density at radius 3 is 2.54 bits per heavy atom. The summed E-state index contributed by atoms with van der Waals surface area (Å²) in [7, 11) is 0. The molecule has 0 saturated heterocycles. The fourth-order valence-electron chi connectivity index (χ4n) is 0.889. The number of benzene rings is 1. The van der Waals surface area contributed by atoms with Gasteiger partial charge in [-0.05, 0) is 46.9 Å². The highest BCUT2D eigenvalue weighted by atomic mass is 127. The van der Waals surface area contributed by atoms with Gasteiger partial charge in [-0.1, -0.05) is 0 Å². The van der Waals surface area contributed by atoms with Gasteiger partial charge in [-0.3, -0.25) is 4.79 Å². The molecule has 13 heavy (non-hydrogen) atoms. The Morgan fingerprint density at radius 1 is 1.38 bits per heavy atom. The molecule has 0 heterocycles. The van der Waals surface area contributed by atoms with Crippen molar-refractivity contribution in [1.82, 2.24) is 5.32 Å². The molecular weight excluding hydrogens is 279 g/mol. The molecule has 0 aliphatic heterocycles. The van der Waals surface area contributed by atoms with E-state index in [1.165, 1.54) is 0 Å². The van der Waals surface area contributed by atoms with Crippen molar-refractivity contribution in [2.75, 3.05) is 13.1 Å². The molecule has 70 valence electrons. The van der Waals surface area contributed by atoms with Crippen molar-refractivity contribution in [3.05, 3.63) is 33.4 Å².